The molecule has 126 valence electrons. The molecule has 0 saturated carbocycles. The number of rotatable bonds is 8. The van der Waals surface area contributed by atoms with E-state index < -0.39 is 0 Å². The Morgan fingerprint density at radius 1 is 1.30 bits per heavy atom. The van der Waals surface area contributed by atoms with Crippen LogP contribution in [0.25, 0.3) is 0 Å². The lowest BCUT2D eigenvalue weighted by Gasteiger charge is -2.12. The van der Waals surface area contributed by atoms with E-state index in [2.05, 4.69) is 20.8 Å². The number of nitrogens with zero attached hydrogens (tertiary/aromatic N) is 2. The Hall–Kier alpha value is -2.28. The molecule has 2 heterocycles. The number of furan rings is 1. The number of methoxy groups -OCH3 is 1. The quantitative estimate of drug-likeness (QED) is 0.438. The monoisotopic (exact) mass is 320 g/mol. The van der Waals surface area contributed by atoms with E-state index in [4.69, 9.17) is 13.7 Å². The predicted octanol–water partition coefficient (Wildman–Crippen LogP) is 1.81. The summed E-state index contributed by atoms with van der Waals surface area (Å²) in [5, 5.41) is 10.5. The molecule has 0 bridgehead atoms. The number of aryl methyl sites for hydroxylation is 2. The lowest BCUT2D eigenvalue weighted by molar-refractivity contribution is 0.203. The summed E-state index contributed by atoms with van der Waals surface area (Å²) in [6.45, 7) is 6.37. The highest BCUT2D eigenvalue weighted by Gasteiger charge is 2.08. The lowest BCUT2D eigenvalue weighted by atomic mass is 10.2. The minimum atomic E-state index is 0.518. The van der Waals surface area contributed by atoms with Crippen LogP contribution in [0.2, 0.25) is 0 Å². The van der Waals surface area contributed by atoms with Gasteiger partial charge in [-0.2, -0.15) is 0 Å². The van der Waals surface area contributed by atoms with Crippen LogP contribution in [-0.4, -0.2) is 37.9 Å². The van der Waals surface area contributed by atoms with E-state index in [1.807, 2.05) is 26.0 Å². The van der Waals surface area contributed by atoms with E-state index in [-0.39, 0.29) is 0 Å². The fraction of sp³-hybridized carbons (Fsp3) is 0.500. The summed E-state index contributed by atoms with van der Waals surface area (Å²) in [6, 6.07) is 3.85. The van der Waals surface area contributed by atoms with E-state index in [1.165, 1.54) is 0 Å². The van der Waals surface area contributed by atoms with Crippen LogP contribution >= 0.6 is 0 Å². The second-order valence-corrected chi connectivity index (χ2v) is 5.14. The molecule has 0 aliphatic carbocycles. The van der Waals surface area contributed by atoms with Crippen molar-refractivity contribution in [3.8, 4) is 0 Å². The average molecular weight is 320 g/mol. The molecule has 7 heteroatoms. The zero-order valence-corrected chi connectivity index (χ0v) is 13.9. The SMILES string of the molecule is COCCNC(=NCc1c(C)noc1C)NCCc1ccco1. The molecule has 2 aromatic rings. The first kappa shape index (κ1) is 17.1. The third-order valence-electron chi connectivity index (χ3n) is 3.42. The minimum Gasteiger partial charge on any atom is -0.469 e. The van der Waals surface area contributed by atoms with E-state index >= 15 is 0 Å². The molecule has 2 rings (SSSR count). The van der Waals surface area contributed by atoms with Gasteiger partial charge in [0.05, 0.1) is 25.1 Å². The largest absolute Gasteiger partial charge is 0.469 e. The molecule has 0 spiro atoms. The van der Waals surface area contributed by atoms with Crippen molar-refractivity contribution in [2.75, 3.05) is 26.8 Å². The van der Waals surface area contributed by atoms with Crippen LogP contribution in [0.15, 0.2) is 32.3 Å². The van der Waals surface area contributed by atoms with Gasteiger partial charge in [-0.1, -0.05) is 5.16 Å². The number of guanidine groups is 1. The summed E-state index contributed by atoms with van der Waals surface area (Å²) in [4.78, 5) is 4.59. The van der Waals surface area contributed by atoms with Gasteiger partial charge in [0.25, 0.3) is 0 Å². The number of aromatic nitrogens is 1. The van der Waals surface area contributed by atoms with Gasteiger partial charge in [0.2, 0.25) is 0 Å². The topological polar surface area (TPSA) is 84.8 Å². The van der Waals surface area contributed by atoms with Gasteiger partial charge in [-0.15, -0.1) is 0 Å². The Morgan fingerprint density at radius 3 is 2.78 bits per heavy atom. The van der Waals surface area contributed by atoms with Crippen molar-refractivity contribution in [1.82, 2.24) is 15.8 Å². The first-order valence-electron chi connectivity index (χ1n) is 7.66. The smallest absolute Gasteiger partial charge is 0.191 e. The minimum absolute atomic E-state index is 0.518. The van der Waals surface area contributed by atoms with Crippen LogP contribution in [0.3, 0.4) is 0 Å². The molecule has 0 aliphatic heterocycles. The maximum absolute atomic E-state index is 5.32. The molecule has 0 unspecified atom stereocenters. The Bertz CT molecular complexity index is 585. The van der Waals surface area contributed by atoms with Gasteiger partial charge in [-0.3, -0.25) is 0 Å². The number of nitrogens with one attached hydrogen (secondary N) is 2. The Labute approximate surface area is 136 Å². The van der Waals surface area contributed by atoms with Crippen molar-refractivity contribution >= 4 is 5.96 Å². The maximum atomic E-state index is 5.32. The van der Waals surface area contributed by atoms with Gasteiger partial charge >= 0.3 is 0 Å². The number of hydrogen-bond acceptors (Lipinski definition) is 5. The number of ether oxygens (including phenoxy) is 1. The highest BCUT2D eigenvalue weighted by molar-refractivity contribution is 5.79. The molecule has 23 heavy (non-hydrogen) atoms. The summed E-state index contributed by atoms with van der Waals surface area (Å²) in [7, 11) is 1.67. The first-order valence-corrected chi connectivity index (χ1v) is 7.66. The molecule has 7 nitrogen and oxygen atoms in total. The van der Waals surface area contributed by atoms with Gasteiger partial charge in [0.1, 0.15) is 11.5 Å². The molecule has 0 aliphatic rings. The van der Waals surface area contributed by atoms with Gasteiger partial charge in [0, 0.05) is 32.2 Å². The highest BCUT2D eigenvalue weighted by atomic mass is 16.5. The third kappa shape index (κ3) is 5.45. The van der Waals surface area contributed by atoms with Crippen LogP contribution in [0.5, 0.6) is 0 Å². The van der Waals surface area contributed by atoms with E-state index in [9.17, 15) is 0 Å². The number of aliphatic imine (C=N–C) groups is 1. The molecular weight excluding hydrogens is 296 g/mol. The van der Waals surface area contributed by atoms with Crippen molar-refractivity contribution in [2.24, 2.45) is 4.99 Å². The van der Waals surface area contributed by atoms with Gasteiger partial charge in [-0.25, -0.2) is 4.99 Å². The Balaban J connectivity index is 1.90. The van der Waals surface area contributed by atoms with Crippen LogP contribution in [0.1, 0.15) is 22.8 Å². The summed E-state index contributed by atoms with van der Waals surface area (Å²) >= 11 is 0. The van der Waals surface area contributed by atoms with E-state index in [1.54, 1.807) is 13.4 Å². The van der Waals surface area contributed by atoms with Crippen molar-refractivity contribution in [3.63, 3.8) is 0 Å². The first-order chi connectivity index (χ1) is 11.2. The number of hydrogen-bond donors (Lipinski definition) is 2. The lowest BCUT2D eigenvalue weighted by Crippen LogP contribution is -2.40. The predicted molar refractivity (Wildman–Crippen MR) is 87.4 cm³/mol. The second kappa shape index (κ2) is 8.99. The molecule has 0 saturated heterocycles. The summed E-state index contributed by atoms with van der Waals surface area (Å²) in [5.74, 6) is 2.48. The fourth-order valence-electron chi connectivity index (χ4n) is 2.09. The van der Waals surface area contributed by atoms with E-state index in [0.29, 0.717) is 19.7 Å². The van der Waals surface area contributed by atoms with Crippen molar-refractivity contribution in [2.45, 2.75) is 26.8 Å². The molecule has 0 atom stereocenters. The fourth-order valence-corrected chi connectivity index (χ4v) is 2.09. The van der Waals surface area contributed by atoms with E-state index in [0.717, 1.165) is 41.7 Å². The van der Waals surface area contributed by atoms with Crippen LogP contribution < -0.4 is 10.6 Å². The molecule has 0 amide bonds. The van der Waals surface area contributed by atoms with Crippen LogP contribution in [-0.2, 0) is 17.7 Å². The summed E-state index contributed by atoms with van der Waals surface area (Å²) in [6.07, 6.45) is 2.47. The standard InChI is InChI=1S/C16H24N4O3/c1-12-15(13(2)23-20-12)11-19-16(18-8-10-21-3)17-7-6-14-5-4-9-22-14/h4-5,9H,6-8,10-11H2,1-3H3,(H2,17,18,19). The van der Waals surface area contributed by atoms with Gasteiger partial charge in [-0.05, 0) is 26.0 Å². The molecule has 2 aromatic heterocycles. The van der Waals surface area contributed by atoms with Crippen LogP contribution in [0.4, 0.5) is 0 Å². The Kier molecular flexibility index (Phi) is 6.68. The molecule has 0 fully saturated rings. The van der Waals surface area contributed by atoms with Crippen LogP contribution in [0, 0.1) is 13.8 Å². The summed E-state index contributed by atoms with van der Waals surface area (Å²) < 4.78 is 15.5. The highest BCUT2D eigenvalue weighted by Crippen LogP contribution is 2.12. The molecule has 0 aromatic carbocycles. The average Bonchev–Trinajstić information content (AvgIpc) is 3.16. The van der Waals surface area contributed by atoms with Crippen molar-refractivity contribution < 1.29 is 13.7 Å². The maximum Gasteiger partial charge on any atom is 0.191 e. The second-order valence-electron chi connectivity index (χ2n) is 5.14. The normalized spacial score (nSPS) is 11.7. The molecular formula is C16H24N4O3. The summed E-state index contributed by atoms with van der Waals surface area (Å²) in [5.41, 5.74) is 1.89. The Morgan fingerprint density at radius 2 is 2.13 bits per heavy atom. The van der Waals surface area contributed by atoms with Crippen molar-refractivity contribution in [3.05, 3.63) is 41.2 Å². The molecule has 2 N–H and O–H groups in total. The van der Waals surface area contributed by atoms with Gasteiger partial charge < -0.3 is 24.3 Å². The van der Waals surface area contributed by atoms with Gasteiger partial charge in [0.15, 0.2) is 5.96 Å². The zero-order chi connectivity index (χ0) is 16.5. The van der Waals surface area contributed by atoms with Crippen molar-refractivity contribution in [1.29, 1.82) is 0 Å². The zero-order valence-electron chi connectivity index (χ0n) is 13.9. The third-order valence-corrected chi connectivity index (χ3v) is 3.42. The molecule has 0 radical (unpaired) electrons.